The minimum Gasteiger partial charge on any atom is -0.366 e. The number of nitrogens with two attached hydrogens (primary N) is 1. The Hall–Kier alpha value is -3.21. The van der Waals surface area contributed by atoms with Crippen molar-refractivity contribution in [1.29, 1.82) is 0 Å². The van der Waals surface area contributed by atoms with Crippen molar-refractivity contribution in [2.75, 3.05) is 0 Å². The van der Waals surface area contributed by atoms with Crippen molar-refractivity contribution in [3.8, 4) is 11.1 Å². The molecule has 4 aromatic rings. The van der Waals surface area contributed by atoms with Gasteiger partial charge in [0.25, 0.3) is 5.91 Å². The molecule has 0 spiro atoms. The molecule has 0 bridgehead atoms. The lowest BCUT2D eigenvalue weighted by Gasteiger charge is -2.07. The minimum absolute atomic E-state index is 0.462. The molecule has 0 atom stereocenters. The average Bonchev–Trinajstić information content (AvgIpc) is 2.93. The molecular formula is C17H12N4O. The summed E-state index contributed by atoms with van der Waals surface area (Å²) < 4.78 is 0. The SMILES string of the molecule is NC(=O)c1c(-c2cncnc2)ccc2c1[nH]c1ccccc12. The summed E-state index contributed by atoms with van der Waals surface area (Å²) >= 11 is 0. The smallest absolute Gasteiger partial charge is 0.251 e. The largest absolute Gasteiger partial charge is 0.366 e. The molecular weight excluding hydrogens is 276 g/mol. The zero-order valence-electron chi connectivity index (χ0n) is 11.6. The summed E-state index contributed by atoms with van der Waals surface area (Å²) in [6.07, 6.45) is 4.79. The number of benzene rings is 2. The monoisotopic (exact) mass is 288 g/mol. The van der Waals surface area contributed by atoms with E-state index in [1.165, 1.54) is 6.33 Å². The molecule has 0 aliphatic rings. The summed E-state index contributed by atoms with van der Waals surface area (Å²) in [4.78, 5) is 23.4. The van der Waals surface area contributed by atoms with Crippen LogP contribution in [-0.2, 0) is 0 Å². The Balaban J connectivity index is 2.13. The molecule has 106 valence electrons. The quantitative estimate of drug-likeness (QED) is 0.594. The van der Waals surface area contributed by atoms with E-state index in [4.69, 9.17) is 5.73 Å². The maximum atomic E-state index is 12.0. The molecule has 0 radical (unpaired) electrons. The normalized spacial score (nSPS) is 11.1. The van der Waals surface area contributed by atoms with E-state index in [0.717, 1.165) is 32.9 Å². The summed E-state index contributed by atoms with van der Waals surface area (Å²) in [6.45, 7) is 0. The zero-order valence-corrected chi connectivity index (χ0v) is 11.6. The van der Waals surface area contributed by atoms with Crippen LogP contribution in [0.2, 0.25) is 0 Å². The summed E-state index contributed by atoms with van der Waals surface area (Å²) in [7, 11) is 0. The molecule has 2 heterocycles. The van der Waals surface area contributed by atoms with Crippen molar-refractivity contribution in [3.05, 3.63) is 60.7 Å². The number of primary amides is 1. The van der Waals surface area contributed by atoms with Crippen LogP contribution in [0.4, 0.5) is 0 Å². The predicted octanol–water partition coefficient (Wildman–Crippen LogP) is 2.88. The number of nitrogens with zero attached hydrogens (tertiary/aromatic N) is 2. The van der Waals surface area contributed by atoms with Crippen LogP contribution in [0.5, 0.6) is 0 Å². The molecule has 22 heavy (non-hydrogen) atoms. The highest BCUT2D eigenvalue weighted by Gasteiger charge is 2.17. The van der Waals surface area contributed by atoms with Gasteiger partial charge in [0.15, 0.2) is 0 Å². The topological polar surface area (TPSA) is 84.7 Å². The maximum Gasteiger partial charge on any atom is 0.251 e. The molecule has 0 saturated carbocycles. The van der Waals surface area contributed by atoms with Crippen LogP contribution in [0.3, 0.4) is 0 Å². The third-order valence-electron chi connectivity index (χ3n) is 3.80. The van der Waals surface area contributed by atoms with Crippen molar-refractivity contribution in [3.63, 3.8) is 0 Å². The molecule has 0 fully saturated rings. The number of hydrogen-bond donors (Lipinski definition) is 2. The number of aromatic amines is 1. The van der Waals surface area contributed by atoms with Crippen molar-refractivity contribution in [2.24, 2.45) is 5.73 Å². The second kappa shape index (κ2) is 4.66. The zero-order chi connectivity index (χ0) is 15.1. The summed E-state index contributed by atoms with van der Waals surface area (Å²) in [6, 6.07) is 11.8. The van der Waals surface area contributed by atoms with Crippen molar-refractivity contribution in [1.82, 2.24) is 15.0 Å². The fraction of sp³-hybridized carbons (Fsp3) is 0. The van der Waals surface area contributed by atoms with Gasteiger partial charge in [-0.05, 0) is 11.6 Å². The number of nitrogens with one attached hydrogen (secondary N) is 1. The fourth-order valence-electron chi connectivity index (χ4n) is 2.85. The van der Waals surface area contributed by atoms with Gasteiger partial charge in [-0.25, -0.2) is 9.97 Å². The van der Waals surface area contributed by atoms with Crippen LogP contribution >= 0.6 is 0 Å². The molecule has 2 aromatic heterocycles. The number of hydrogen-bond acceptors (Lipinski definition) is 3. The van der Waals surface area contributed by atoms with Gasteiger partial charge in [0.2, 0.25) is 0 Å². The lowest BCUT2D eigenvalue weighted by molar-refractivity contribution is 0.100. The molecule has 0 unspecified atom stereocenters. The number of para-hydroxylation sites is 1. The third kappa shape index (κ3) is 1.76. The van der Waals surface area contributed by atoms with Gasteiger partial charge in [0.05, 0.1) is 11.1 Å². The van der Waals surface area contributed by atoms with Gasteiger partial charge in [-0.2, -0.15) is 0 Å². The second-order valence-electron chi connectivity index (χ2n) is 5.07. The molecule has 0 saturated heterocycles. The number of aromatic nitrogens is 3. The Bertz CT molecular complexity index is 1010. The van der Waals surface area contributed by atoms with Gasteiger partial charge in [-0.3, -0.25) is 4.79 Å². The van der Waals surface area contributed by atoms with E-state index in [9.17, 15) is 4.79 Å². The summed E-state index contributed by atoms with van der Waals surface area (Å²) in [5.41, 5.74) is 9.31. The fourth-order valence-corrected chi connectivity index (χ4v) is 2.85. The van der Waals surface area contributed by atoms with Crippen molar-refractivity contribution < 1.29 is 4.79 Å². The van der Waals surface area contributed by atoms with Gasteiger partial charge < -0.3 is 10.7 Å². The van der Waals surface area contributed by atoms with Crippen LogP contribution in [0, 0.1) is 0 Å². The molecule has 3 N–H and O–H groups in total. The van der Waals surface area contributed by atoms with Crippen molar-refractivity contribution >= 4 is 27.7 Å². The highest BCUT2D eigenvalue weighted by Crippen LogP contribution is 2.33. The first-order valence-corrected chi connectivity index (χ1v) is 6.84. The number of H-pyrrole nitrogens is 1. The maximum absolute atomic E-state index is 12.0. The van der Waals surface area contributed by atoms with Crippen LogP contribution in [0.25, 0.3) is 32.9 Å². The molecule has 5 nitrogen and oxygen atoms in total. The molecule has 5 heteroatoms. The molecule has 4 rings (SSSR count). The van der Waals surface area contributed by atoms with Crippen LogP contribution in [0.15, 0.2) is 55.1 Å². The Kier molecular flexibility index (Phi) is 2.66. The number of fused-ring (bicyclic) bond motifs is 3. The van der Waals surface area contributed by atoms with Crippen molar-refractivity contribution in [2.45, 2.75) is 0 Å². The Morgan fingerprint density at radius 3 is 2.55 bits per heavy atom. The molecule has 2 aromatic carbocycles. The Labute approximate surface area is 125 Å². The highest BCUT2D eigenvalue weighted by atomic mass is 16.1. The first kappa shape index (κ1) is 12.5. The van der Waals surface area contributed by atoms with E-state index in [0.29, 0.717) is 5.56 Å². The van der Waals surface area contributed by atoms with Gasteiger partial charge in [-0.1, -0.05) is 30.3 Å². The lowest BCUT2D eigenvalue weighted by atomic mass is 9.98. The molecule has 0 aliphatic carbocycles. The Morgan fingerprint density at radius 2 is 1.77 bits per heavy atom. The first-order valence-electron chi connectivity index (χ1n) is 6.84. The van der Waals surface area contributed by atoms with Gasteiger partial charge in [0, 0.05) is 34.2 Å². The number of rotatable bonds is 2. The highest BCUT2D eigenvalue weighted by molar-refractivity contribution is 6.17. The van der Waals surface area contributed by atoms with Gasteiger partial charge in [0.1, 0.15) is 6.33 Å². The van der Waals surface area contributed by atoms with E-state index in [2.05, 4.69) is 15.0 Å². The summed E-state index contributed by atoms with van der Waals surface area (Å²) in [5.74, 6) is -0.476. The third-order valence-corrected chi connectivity index (χ3v) is 3.80. The van der Waals surface area contributed by atoms with E-state index in [-0.39, 0.29) is 0 Å². The first-order chi connectivity index (χ1) is 10.8. The average molecular weight is 288 g/mol. The Morgan fingerprint density at radius 1 is 1.00 bits per heavy atom. The van der Waals surface area contributed by atoms with Crippen LogP contribution in [-0.4, -0.2) is 20.9 Å². The number of carbonyl (C=O) groups is 1. The van der Waals surface area contributed by atoms with Crippen LogP contribution in [0.1, 0.15) is 10.4 Å². The van der Waals surface area contributed by atoms with E-state index in [1.807, 2.05) is 36.4 Å². The van der Waals surface area contributed by atoms with E-state index in [1.54, 1.807) is 12.4 Å². The lowest BCUT2D eigenvalue weighted by Crippen LogP contribution is -2.13. The number of amides is 1. The minimum atomic E-state index is -0.476. The predicted molar refractivity (Wildman–Crippen MR) is 85.3 cm³/mol. The van der Waals surface area contributed by atoms with Crippen LogP contribution < -0.4 is 5.73 Å². The second-order valence-corrected chi connectivity index (χ2v) is 5.07. The molecule has 0 aliphatic heterocycles. The number of carbonyl (C=O) groups excluding carboxylic acids is 1. The summed E-state index contributed by atoms with van der Waals surface area (Å²) in [5, 5.41) is 2.04. The van der Waals surface area contributed by atoms with E-state index >= 15 is 0 Å². The van der Waals surface area contributed by atoms with Gasteiger partial charge in [-0.15, -0.1) is 0 Å². The van der Waals surface area contributed by atoms with E-state index < -0.39 is 5.91 Å². The van der Waals surface area contributed by atoms with Gasteiger partial charge >= 0.3 is 0 Å². The standard InChI is InChI=1S/C17H12N4O/c18-17(22)15-11(10-7-19-9-20-8-10)5-6-13-12-3-1-2-4-14(12)21-16(13)15/h1-9,21H,(H2,18,22). The molecule has 1 amide bonds.